The van der Waals surface area contributed by atoms with Crippen molar-refractivity contribution in [2.75, 3.05) is 6.54 Å². The summed E-state index contributed by atoms with van der Waals surface area (Å²) in [5.74, 6) is 3.73. The van der Waals surface area contributed by atoms with Gasteiger partial charge in [-0.1, -0.05) is 18.2 Å². The molecular weight excluding hydrogens is 196 g/mol. The van der Waals surface area contributed by atoms with E-state index in [2.05, 4.69) is 0 Å². The maximum Gasteiger partial charge on any atom is 0.403 e. The smallest absolute Gasteiger partial charge is 0.403 e. The molecule has 0 aliphatic carbocycles. The summed E-state index contributed by atoms with van der Waals surface area (Å²) in [5.41, 5.74) is 0. The van der Waals surface area contributed by atoms with E-state index in [-0.39, 0.29) is 6.54 Å². The van der Waals surface area contributed by atoms with Crippen molar-refractivity contribution in [2.45, 2.75) is 6.92 Å². The van der Waals surface area contributed by atoms with Gasteiger partial charge < -0.3 is 4.74 Å². The lowest BCUT2D eigenvalue weighted by Gasteiger charge is -2.12. The molecular formula is C10H12N2O3. The molecule has 0 spiro atoms. The first-order chi connectivity index (χ1) is 7.15. The van der Waals surface area contributed by atoms with Crippen LogP contribution in [0.3, 0.4) is 0 Å². The van der Waals surface area contributed by atoms with Crippen LogP contribution in [0, 0.1) is 0 Å². The highest BCUT2D eigenvalue weighted by atomic mass is 16.5. The van der Waals surface area contributed by atoms with Crippen molar-refractivity contribution >= 4 is 11.9 Å². The van der Waals surface area contributed by atoms with E-state index in [0.717, 1.165) is 5.01 Å². The number of carbonyl (C=O) groups excluding carboxylic acids is 2. The molecule has 0 aliphatic rings. The second kappa shape index (κ2) is 5.11. The Morgan fingerprint density at radius 2 is 1.93 bits per heavy atom. The zero-order chi connectivity index (χ0) is 11.3. The predicted octanol–water partition coefficient (Wildman–Crippen LogP) is 0.314. The Hall–Kier alpha value is -1.88. The Kier molecular flexibility index (Phi) is 3.82. The van der Waals surface area contributed by atoms with Crippen LogP contribution in [0.15, 0.2) is 30.3 Å². The van der Waals surface area contributed by atoms with Gasteiger partial charge in [0.05, 0.1) is 0 Å². The van der Waals surface area contributed by atoms with Crippen molar-refractivity contribution in [1.29, 1.82) is 0 Å². The van der Waals surface area contributed by atoms with Gasteiger partial charge in [0.25, 0.3) is 0 Å². The van der Waals surface area contributed by atoms with Crippen molar-refractivity contribution < 1.29 is 14.3 Å². The molecule has 5 heteroatoms. The third-order valence-corrected chi connectivity index (χ3v) is 1.73. The SMILES string of the molecule is CCN(N)C(=O)C(=O)Oc1ccccc1. The maximum atomic E-state index is 11.2. The number of nitrogens with zero attached hydrogens (tertiary/aromatic N) is 1. The fraction of sp³-hybridized carbons (Fsp3) is 0.200. The summed E-state index contributed by atoms with van der Waals surface area (Å²) >= 11 is 0. The van der Waals surface area contributed by atoms with E-state index in [1.165, 1.54) is 0 Å². The molecule has 0 aliphatic heterocycles. The number of ether oxygens (including phenoxy) is 1. The van der Waals surface area contributed by atoms with Gasteiger partial charge in [0, 0.05) is 6.54 Å². The zero-order valence-corrected chi connectivity index (χ0v) is 8.34. The summed E-state index contributed by atoms with van der Waals surface area (Å²) in [5, 5.41) is 0.797. The first kappa shape index (κ1) is 11.2. The summed E-state index contributed by atoms with van der Waals surface area (Å²) in [7, 11) is 0. The minimum Gasteiger partial charge on any atom is -0.419 e. The highest BCUT2D eigenvalue weighted by molar-refractivity contribution is 6.32. The highest BCUT2D eigenvalue weighted by Gasteiger charge is 2.20. The lowest BCUT2D eigenvalue weighted by Crippen LogP contribution is -2.43. The molecule has 1 aromatic rings. The maximum absolute atomic E-state index is 11.2. The minimum absolute atomic E-state index is 0.253. The number of amides is 1. The molecule has 0 bridgehead atoms. The van der Waals surface area contributed by atoms with Gasteiger partial charge in [0.1, 0.15) is 5.75 Å². The number of esters is 1. The quantitative estimate of drug-likeness (QED) is 0.190. The molecule has 0 fully saturated rings. The van der Waals surface area contributed by atoms with Gasteiger partial charge in [-0.05, 0) is 19.1 Å². The third kappa shape index (κ3) is 3.07. The van der Waals surface area contributed by atoms with E-state index in [1.807, 2.05) is 0 Å². The summed E-state index contributed by atoms with van der Waals surface area (Å²) in [4.78, 5) is 22.4. The summed E-state index contributed by atoms with van der Waals surface area (Å²) in [6, 6.07) is 8.34. The Morgan fingerprint density at radius 1 is 1.33 bits per heavy atom. The molecule has 0 saturated carbocycles. The van der Waals surface area contributed by atoms with Gasteiger partial charge in [-0.15, -0.1) is 0 Å². The molecule has 0 heterocycles. The van der Waals surface area contributed by atoms with E-state index < -0.39 is 11.9 Å². The van der Waals surface area contributed by atoms with E-state index in [4.69, 9.17) is 10.6 Å². The Bertz CT molecular complexity index is 351. The standard InChI is InChI=1S/C10H12N2O3/c1-2-12(11)9(13)10(14)15-8-6-4-3-5-7-8/h3-7H,2,11H2,1H3. The van der Waals surface area contributed by atoms with Crippen LogP contribution in [0.4, 0.5) is 0 Å². The van der Waals surface area contributed by atoms with Gasteiger partial charge in [0.2, 0.25) is 0 Å². The topological polar surface area (TPSA) is 72.6 Å². The molecule has 0 atom stereocenters. The second-order valence-corrected chi connectivity index (χ2v) is 2.79. The molecule has 1 aromatic carbocycles. The van der Waals surface area contributed by atoms with Crippen LogP contribution in [-0.4, -0.2) is 23.4 Å². The van der Waals surface area contributed by atoms with Crippen LogP contribution < -0.4 is 10.6 Å². The molecule has 0 aromatic heterocycles. The number of carbonyl (C=O) groups is 2. The molecule has 0 radical (unpaired) electrons. The summed E-state index contributed by atoms with van der Waals surface area (Å²) in [6.45, 7) is 1.91. The van der Waals surface area contributed by atoms with Crippen molar-refractivity contribution in [3.05, 3.63) is 30.3 Å². The molecule has 5 nitrogen and oxygen atoms in total. The van der Waals surface area contributed by atoms with Gasteiger partial charge >= 0.3 is 11.9 Å². The lowest BCUT2D eigenvalue weighted by atomic mass is 10.3. The van der Waals surface area contributed by atoms with Gasteiger partial charge in [-0.2, -0.15) is 0 Å². The first-order valence-corrected chi connectivity index (χ1v) is 4.48. The fourth-order valence-electron chi connectivity index (χ4n) is 0.900. The number of hydrazine groups is 1. The predicted molar refractivity (Wildman–Crippen MR) is 53.7 cm³/mol. The molecule has 15 heavy (non-hydrogen) atoms. The van der Waals surface area contributed by atoms with Gasteiger partial charge in [-0.25, -0.2) is 10.6 Å². The van der Waals surface area contributed by atoms with E-state index in [9.17, 15) is 9.59 Å². The van der Waals surface area contributed by atoms with Crippen LogP contribution in [0.25, 0.3) is 0 Å². The lowest BCUT2D eigenvalue weighted by molar-refractivity contribution is -0.154. The monoisotopic (exact) mass is 208 g/mol. The molecule has 80 valence electrons. The second-order valence-electron chi connectivity index (χ2n) is 2.79. The number of benzene rings is 1. The highest BCUT2D eigenvalue weighted by Crippen LogP contribution is 2.08. The van der Waals surface area contributed by atoms with E-state index in [1.54, 1.807) is 37.3 Å². The van der Waals surface area contributed by atoms with E-state index in [0.29, 0.717) is 5.75 Å². The Morgan fingerprint density at radius 3 is 2.47 bits per heavy atom. The van der Waals surface area contributed by atoms with Crippen LogP contribution >= 0.6 is 0 Å². The van der Waals surface area contributed by atoms with Gasteiger partial charge in [0.15, 0.2) is 0 Å². The van der Waals surface area contributed by atoms with Crippen molar-refractivity contribution in [2.24, 2.45) is 5.84 Å². The third-order valence-electron chi connectivity index (χ3n) is 1.73. The van der Waals surface area contributed by atoms with Gasteiger partial charge in [-0.3, -0.25) is 9.80 Å². The number of hydrogen-bond acceptors (Lipinski definition) is 4. The molecule has 1 amide bonds. The first-order valence-electron chi connectivity index (χ1n) is 4.48. The van der Waals surface area contributed by atoms with Crippen molar-refractivity contribution in [1.82, 2.24) is 5.01 Å². The van der Waals surface area contributed by atoms with E-state index >= 15 is 0 Å². The van der Waals surface area contributed by atoms with Crippen LogP contribution in [-0.2, 0) is 9.59 Å². The van der Waals surface area contributed by atoms with Crippen LogP contribution in [0.5, 0.6) is 5.75 Å². The number of rotatable bonds is 2. The van der Waals surface area contributed by atoms with Crippen molar-refractivity contribution in [3.8, 4) is 5.75 Å². The number of para-hydroxylation sites is 1. The molecule has 0 unspecified atom stereocenters. The fourth-order valence-corrected chi connectivity index (χ4v) is 0.900. The summed E-state index contributed by atoms with van der Waals surface area (Å²) < 4.78 is 4.79. The van der Waals surface area contributed by atoms with Crippen LogP contribution in [0.1, 0.15) is 6.92 Å². The molecule has 0 saturated heterocycles. The number of hydrogen-bond donors (Lipinski definition) is 1. The average molecular weight is 208 g/mol. The largest absolute Gasteiger partial charge is 0.419 e. The number of likely N-dealkylation sites (N-methyl/N-ethyl adjacent to an activating group) is 1. The average Bonchev–Trinajstić information content (AvgIpc) is 2.28. The Balaban J connectivity index is 2.60. The van der Waals surface area contributed by atoms with Crippen LogP contribution in [0.2, 0.25) is 0 Å². The van der Waals surface area contributed by atoms with Crippen molar-refractivity contribution in [3.63, 3.8) is 0 Å². The minimum atomic E-state index is -0.981. The zero-order valence-electron chi connectivity index (χ0n) is 8.34. The number of nitrogens with two attached hydrogens (primary N) is 1. The molecule has 1 rings (SSSR count). The summed E-state index contributed by atoms with van der Waals surface area (Å²) in [6.07, 6.45) is 0. The normalized spacial score (nSPS) is 9.47. The molecule has 2 N–H and O–H groups in total. The Labute approximate surface area is 87.4 Å².